The molecule has 190 valence electrons. The Kier molecular flexibility index (Phi) is 11.1. The number of carbonyl (C=O) groups is 3. The van der Waals surface area contributed by atoms with E-state index < -0.39 is 23.7 Å². The van der Waals surface area contributed by atoms with Gasteiger partial charge in [0.2, 0.25) is 5.91 Å². The van der Waals surface area contributed by atoms with Gasteiger partial charge in [-0.05, 0) is 62.8 Å². The summed E-state index contributed by atoms with van der Waals surface area (Å²) in [6, 6.07) is 14.6. The Morgan fingerprint density at radius 3 is 2.14 bits per heavy atom. The van der Waals surface area contributed by atoms with E-state index in [1.807, 2.05) is 61.7 Å². The molecule has 2 rings (SSSR count). The van der Waals surface area contributed by atoms with Crippen molar-refractivity contribution in [3.63, 3.8) is 0 Å². The molecule has 0 radical (unpaired) electrons. The third kappa shape index (κ3) is 11.3. The van der Waals surface area contributed by atoms with E-state index in [-0.39, 0.29) is 18.9 Å². The fraction of sp³-hybridized carbons (Fsp3) is 0.444. The molecule has 2 aromatic rings. The number of amides is 2. The number of benzene rings is 2. The van der Waals surface area contributed by atoms with Gasteiger partial charge in [-0.15, -0.1) is 0 Å². The highest BCUT2D eigenvalue weighted by Crippen LogP contribution is 2.11. The number of rotatable bonds is 11. The molecule has 1 atom stereocenters. The van der Waals surface area contributed by atoms with Crippen molar-refractivity contribution in [1.29, 1.82) is 0 Å². The van der Waals surface area contributed by atoms with E-state index in [0.29, 0.717) is 18.7 Å². The highest BCUT2D eigenvalue weighted by atomic mass is 32.2. The van der Waals surface area contributed by atoms with E-state index in [9.17, 15) is 14.4 Å². The first-order valence-corrected chi connectivity index (χ1v) is 13.0. The molecule has 0 saturated heterocycles. The number of carbonyl (C=O) groups excluding carboxylic acids is 3. The smallest absolute Gasteiger partial charge is 0.408 e. The number of hydrogen-bond acceptors (Lipinski definition) is 6. The standard InChI is InChI=1S/C27H36N2O5S/c1-19-6-8-21(9-7-19)17-28-24(30)16-20-10-12-22(13-11-20)18-33-25(31)23(14-15-35-5)29-26(32)34-27(2,3)4/h6-13,23H,14-18H2,1-5H3,(H,28,30)(H,29,32)/t23-/m0/s1. The Balaban J connectivity index is 1.82. The van der Waals surface area contributed by atoms with Gasteiger partial charge in [0.1, 0.15) is 18.2 Å². The van der Waals surface area contributed by atoms with Crippen LogP contribution in [0.4, 0.5) is 4.79 Å². The molecule has 0 unspecified atom stereocenters. The summed E-state index contributed by atoms with van der Waals surface area (Å²) in [6.45, 7) is 7.88. The van der Waals surface area contributed by atoms with Crippen LogP contribution in [0, 0.1) is 6.92 Å². The molecule has 0 spiro atoms. The molecule has 0 aromatic heterocycles. The second-order valence-corrected chi connectivity index (χ2v) is 10.3. The van der Waals surface area contributed by atoms with Gasteiger partial charge in [0.05, 0.1) is 6.42 Å². The Labute approximate surface area is 212 Å². The third-order valence-corrected chi connectivity index (χ3v) is 5.61. The topological polar surface area (TPSA) is 93.7 Å². The van der Waals surface area contributed by atoms with Crippen LogP contribution in [0.3, 0.4) is 0 Å². The largest absolute Gasteiger partial charge is 0.459 e. The lowest BCUT2D eigenvalue weighted by molar-refractivity contribution is -0.147. The van der Waals surface area contributed by atoms with Crippen molar-refractivity contribution in [2.45, 2.75) is 65.3 Å². The summed E-state index contributed by atoms with van der Waals surface area (Å²) in [5, 5.41) is 5.53. The van der Waals surface area contributed by atoms with Crippen LogP contribution in [0.25, 0.3) is 0 Å². The number of aryl methyl sites for hydroxylation is 1. The Morgan fingerprint density at radius 2 is 1.54 bits per heavy atom. The van der Waals surface area contributed by atoms with Crippen molar-refractivity contribution in [2.24, 2.45) is 0 Å². The van der Waals surface area contributed by atoms with Crippen molar-refractivity contribution in [2.75, 3.05) is 12.0 Å². The average molecular weight is 501 g/mol. The van der Waals surface area contributed by atoms with Gasteiger partial charge in [-0.25, -0.2) is 9.59 Å². The molecule has 35 heavy (non-hydrogen) atoms. The lowest BCUT2D eigenvalue weighted by Crippen LogP contribution is -2.44. The van der Waals surface area contributed by atoms with Gasteiger partial charge in [-0.1, -0.05) is 54.1 Å². The maximum absolute atomic E-state index is 12.6. The normalized spacial score (nSPS) is 11.9. The van der Waals surface area contributed by atoms with Crippen molar-refractivity contribution in [1.82, 2.24) is 10.6 Å². The molecule has 0 heterocycles. The van der Waals surface area contributed by atoms with Crippen LogP contribution in [0.5, 0.6) is 0 Å². The highest BCUT2D eigenvalue weighted by molar-refractivity contribution is 7.98. The number of esters is 1. The molecular weight excluding hydrogens is 464 g/mol. The molecule has 0 aliphatic rings. The molecule has 2 amide bonds. The summed E-state index contributed by atoms with van der Waals surface area (Å²) >= 11 is 1.58. The van der Waals surface area contributed by atoms with E-state index in [1.54, 1.807) is 32.5 Å². The van der Waals surface area contributed by atoms with Gasteiger partial charge in [0, 0.05) is 6.54 Å². The second-order valence-electron chi connectivity index (χ2n) is 9.34. The van der Waals surface area contributed by atoms with Crippen molar-refractivity contribution < 1.29 is 23.9 Å². The van der Waals surface area contributed by atoms with Crippen LogP contribution in [0.1, 0.15) is 49.4 Å². The average Bonchev–Trinajstić information content (AvgIpc) is 2.79. The molecule has 0 aliphatic carbocycles. The van der Waals surface area contributed by atoms with Crippen LogP contribution < -0.4 is 10.6 Å². The van der Waals surface area contributed by atoms with E-state index in [2.05, 4.69) is 10.6 Å². The van der Waals surface area contributed by atoms with Gasteiger partial charge < -0.3 is 20.1 Å². The number of nitrogens with one attached hydrogen (secondary N) is 2. The van der Waals surface area contributed by atoms with E-state index >= 15 is 0 Å². The van der Waals surface area contributed by atoms with E-state index in [0.717, 1.165) is 16.7 Å². The zero-order chi connectivity index (χ0) is 25.8. The maximum Gasteiger partial charge on any atom is 0.408 e. The number of hydrogen-bond donors (Lipinski definition) is 2. The third-order valence-electron chi connectivity index (χ3n) is 4.97. The van der Waals surface area contributed by atoms with Crippen molar-refractivity contribution in [3.05, 3.63) is 70.8 Å². The van der Waals surface area contributed by atoms with E-state index in [4.69, 9.17) is 9.47 Å². The minimum atomic E-state index is -0.784. The molecule has 8 heteroatoms. The van der Waals surface area contributed by atoms with Crippen molar-refractivity contribution in [3.8, 4) is 0 Å². The molecule has 7 nitrogen and oxygen atoms in total. The lowest BCUT2D eigenvalue weighted by Gasteiger charge is -2.23. The minimum absolute atomic E-state index is 0.0606. The fourth-order valence-electron chi connectivity index (χ4n) is 3.10. The lowest BCUT2D eigenvalue weighted by atomic mass is 10.1. The summed E-state index contributed by atoms with van der Waals surface area (Å²) in [6.07, 6.45) is 1.99. The van der Waals surface area contributed by atoms with Gasteiger partial charge >= 0.3 is 12.1 Å². The molecule has 2 aromatic carbocycles. The molecule has 2 N–H and O–H groups in total. The summed E-state index contributed by atoms with van der Waals surface area (Å²) in [7, 11) is 0. The Hall–Kier alpha value is -3.00. The zero-order valence-electron chi connectivity index (χ0n) is 21.2. The van der Waals surface area contributed by atoms with Gasteiger partial charge in [0.15, 0.2) is 0 Å². The summed E-state index contributed by atoms with van der Waals surface area (Å²) in [4.78, 5) is 36.9. The summed E-state index contributed by atoms with van der Waals surface area (Å²) < 4.78 is 10.7. The van der Waals surface area contributed by atoms with Crippen LogP contribution in [-0.4, -0.2) is 41.6 Å². The molecular formula is C27H36N2O5S. The van der Waals surface area contributed by atoms with Gasteiger partial charge in [0.25, 0.3) is 0 Å². The first-order valence-electron chi connectivity index (χ1n) is 11.6. The summed E-state index contributed by atoms with van der Waals surface area (Å²) in [5.74, 6) is 0.120. The van der Waals surface area contributed by atoms with Crippen molar-refractivity contribution >= 4 is 29.7 Å². The van der Waals surface area contributed by atoms with Crippen LogP contribution >= 0.6 is 11.8 Å². The molecule has 0 saturated carbocycles. The Morgan fingerprint density at radius 1 is 0.943 bits per heavy atom. The predicted octanol–water partition coefficient (Wildman–Crippen LogP) is 4.54. The quantitative estimate of drug-likeness (QED) is 0.440. The first kappa shape index (κ1) is 28.2. The fourth-order valence-corrected chi connectivity index (χ4v) is 3.57. The minimum Gasteiger partial charge on any atom is -0.459 e. The Bertz CT molecular complexity index is 969. The number of thioether (sulfide) groups is 1. The van der Waals surface area contributed by atoms with Gasteiger partial charge in [-0.2, -0.15) is 11.8 Å². The molecule has 0 fully saturated rings. The first-order chi connectivity index (χ1) is 16.6. The highest BCUT2D eigenvalue weighted by Gasteiger charge is 2.25. The number of ether oxygens (including phenoxy) is 2. The van der Waals surface area contributed by atoms with Crippen LogP contribution in [0.2, 0.25) is 0 Å². The molecule has 0 aliphatic heterocycles. The van der Waals surface area contributed by atoms with Gasteiger partial charge in [-0.3, -0.25) is 4.79 Å². The van der Waals surface area contributed by atoms with Crippen LogP contribution in [-0.2, 0) is 38.6 Å². The molecule has 0 bridgehead atoms. The summed E-state index contributed by atoms with van der Waals surface area (Å²) in [5.41, 5.74) is 3.24. The monoisotopic (exact) mass is 500 g/mol. The second kappa shape index (κ2) is 13.8. The van der Waals surface area contributed by atoms with E-state index in [1.165, 1.54) is 5.56 Å². The van der Waals surface area contributed by atoms with Crippen LogP contribution in [0.15, 0.2) is 48.5 Å². The SMILES string of the molecule is CSCC[C@H](NC(=O)OC(C)(C)C)C(=O)OCc1ccc(CC(=O)NCc2ccc(C)cc2)cc1. The predicted molar refractivity (Wildman–Crippen MR) is 139 cm³/mol. The number of alkyl carbamates (subject to hydrolysis) is 1. The zero-order valence-corrected chi connectivity index (χ0v) is 22.0. The maximum atomic E-state index is 12.6.